The van der Waals surface area contributed by atoms with E-state index in [0.29, 0.717) is 30.5 Å². The van der Waals surface area contributed by atoms with Crippen molar-refractivity contribution in [2.24, 2.45) is 11.8 Å². The predicted octanol–water partition coefficient (Wildman–Crippen LogP) is 3.55. The third kappa shape index (κ3) is 4.40. The molecule has 1 aliphatic carbocycles. The zero-order chi connectivity index (χ0) is 21.3. The molecule has 3 unspecified atom stereocenters. The first-order chi connectivity index (χ1) is 14.5. The Morgan fingerprint density at radius 3 is 2.77 bits per heavy atom. The lowest BCUT2D eigenvalue weighted by Crippen LogP contribution is -2.48. The molecule has 1 saturated heterocycles. The molecule has 3 atom stereocenters. The van der Waals surface area contributed by atoms with E-state index >= 15 is 0 Å². The number of rotatable bonds is 7. The van der Waals surface area contributed by atoms with Crippen molar-refractivity contribution >= 4 is 11.7 Å². The van der Waals surface area contributed by atoms with Crippen molar-refractivity contribution in [1.29, 1.82) is 0 Å². The molecule has 160 valence electrons. The summed E-state index contributed by atoms with van der Waals surface area (Å²) in [5.41, 5.74) is 3.10. The van der Waals surface area contributed by atoms with E-state index in [0.717, 1.165) is 48.2 Å². The molecule has 1 saturated carbocycles. The number of anilines is 1. The maximum absolute atomic E-state index is 13.5. The fourth-order valence-electron chi connectivity index (χ4n) is 4.15. The molecule has 0 radical (unpaired) electrons. The molecule has 30 heavy (non-hydrogen) atoms. The second-order valence-corrected chi connectivity index (χ2v) is 8.56. The fourth-order valence-corrected chi connectivity index (χ4v) is 4.15. The van der Waals surface area contributed by atoms with Crippen LogP contribution in [0.4, 0.5) is 5.82 Å². The Bertz CT molecular complexity index is 932. The van der Waals surface area contributed by atoms with Gasteiger partial charge < -0.3 is 15.0 Å². The van der Waals surface area contributed by atoms with E-state index in [2.05, 4.69) is 27.2 Å². The summed E-state index contributed by atoms with van der Waals surface area (Å²) in [6.45, 7) is 9.89. The number of hydrogen-bond donors (Lipinski definition) is 1. The van der Waals surface area contributed by atoms with Gasteiger partial charge >= 0.3 is 0 Å². The van der Waals surface area contributed by atoms with E-state index in [1.165, 1.54) is 6.42 Å². The quantitative estimate of drug-likeness (QED) is 0.753. The smallest absolute Gasteiger partial charge is 0.276 e. The first-order valence-electron chi connectivity index (χ1n) is 10.9. The molecule has 2 aliphatic rings. The number of carbonyl (C=O) groups is 1. The van der Waals surface area contributed by atoms with E-state index in [4.69, 9.17) is 4.74 Å². The summed E-state index contributed by atoms with van der Waals surface area (Å²) in [6.07, 6.45) is 4.87. The van der Waals surface area contributed by atoms with Crippen molar-refractivity contribution in [3.63, 3.8) is 0 Å². The molecule has 0 spiro atoms. The molecule has 0 aromatic carbocycles. The SMILES string of the molecule is CCCOc1ccc(C)nc1C(=O)N1CC2CC2CC1CNc1cnc(C)c(C)n1. The van der Waals surface area contributed by atoms with Crippen LogP contribution in [0.3, 0.4) is 0 Å². The molecule has 3 heterocycles. The lowest BCUT2D eigenvalue weighted by Gasteiger charge is -2.35. The molecule has 2 aromatic heterocycles. The number of likely N-dealkylation sites (tertiary alicyclic amines) is 1. The Hall–Kier alpha value is -2.70. The van der Waals surface area contributed by atoms with Gasteiger partial charge in [0, 0.05) is 24.8 Å². The van der Waals surface area contributed by atoms with Crippen molar-refractivity contribution in [2.75, 3.05) is 25.0 Å². The van der Waals surface area contributed by atoms with Gasteiger partial charge in [0.25, 0.3) is 5.91 Å². The number of piperidine rings is 1. The second-order valence-electron chi connectivity index (χ2n) is 8.56. The Kier molecular flexibility index (Phi) is 5.88. The van der Waals surface area contributed by atoms with E-state index in [1.807, 2.05) is 37.8 Å². The van der Waals surface area contributed by atoms with Gasteiger partial charge in [-0.25, -0.2) is 9.97 Å². The van der Waals surface area contributed by atoms with Gasteiger partial charge in [0.15, 0.2) is 11.4 Å². The lowest BCUT2D eigenvalue weighted by atomic mass is 10.0. The van der Waals surface area contributed by atoms with Gasteiger partial charge in [0.1, 0.15) is 5.82 Å². The summed E-state index contributed by atoms with van der Waals surface area (Å²) < 4.78 is 5.84. The first kappa shape index (κ1) is 20.6. The number of carbonyl (C=O) groups excluding carboxylic acids is 1. The monoisotopic (exact) mass is 409 g/mol. The van der Waals surface area contributed by atoms with Crippen LogP contribution in [-0.4, -0.2) is 51.5 Å². The standard InChI is InChI=1S/C23H31N5O2/c1-5-8-30-20-7-6-14(2)26-22(20)23(29)28-13-18-9-17(18)10-19(28)11-25-21-12-24-15(3)16(4)27-21/h6-7,12,17-19H,5,8-11,13H2,1-4H3,(H,25,27). The van der Waals surface area contributed by atoms with Gasteiger partial charge in [-0.3, -0.25) is 9.78 Å². The topological polar surface area (TPSA) is 80.2 Å². The van der Waals surface area contributed by atoms with Gasteiger partial charge in [-0.1, -0.05) is 6.92 Å². The normalized spacial score (nSPS) is 22.4. The van der Waals surface area contributed by atoms with Crippen LogP contribution < -0.4 is 10.1 Å². The zero-order valence-corrected chi connectivity index (χ0v) is 18.3. The number of pyridine rings is 1. The van der Waals surface area contributed by atoms with Crippen LogP contribution in [0.2, 0.25) is 0 Å². The molecule has 4 rings (SSSR count). The Balaban J connectivity index is 1.52. The maximum atomic E-state index is 13.5. The maximum Gasteiger partial charge on any atom is 0.276 e. The van der Waals surface area contributed by atoms with Gasteiger partial charge in [-0.2, -0.15) is 0 Å². The summed E-state index contributed by atoms with van der Waals surface area (Å²) in [5.74, 6) is 2.65. The number of aryl methyl sites for hydroxylation is 3. The predicted molar refractivity (Wildman–Crippen MR) is 116 cm³/mol. The van der Waals surface area contributed by atoms with Crippen molar-refractivity contribution in [1.82, 2.24) is 19.9 Å². The number of ether oxygens (including phenoxy) is 1. The molecule has 2 aromatic rings. The van der Waals surface area contributed by atoms with Crippen molar-refractivity contribution < 1.29 is 9.53 Å². The minimum Gasteiger partial charge on any atom is -0.491 e. The van der Waals surface area contributed by atoms with Crippen LogP contribution in [0, 0.1) is 32.6 Å². The second kappa shape index (κ2) is 8.58. The van der Waals surface area contributed by atoms with E-state index < -0.39 is 0 Å². The zero-order valence-electron chi connectivity index (χ0n) is 18.3. The summed E-state index contributed by atoms with van der Waals surface area (Å²) >= 11 is 0. The number of amides is 1. The summed E-state index contributed by atoms with van der Waals surface area (Å²) in [4.78, 5) is 29.0. The number of nitrogens with one attached hydrogen (secondary N) is 1. The number of nitrogens with zero attached hydrogens (tertiary/aromatic N) is 4. The Morgan fingerprint density at radius 2 is 2.00 bits per heavy atom. The molecule has 0 bridgehead atoms. The third-order valence-electron chi connectivity index (χ3n) is 6.15. The average molecular weight is 410 g/mol. The molecule has 1 amide bonds. The molecule has 7 nitrogen and oxygen atoms in total. The highest BCUT2D eigenvalue weighted by Gasteiger charge is 2.47. The molecular formula is C23H31N5O2. The molecule has 1 N–H and O–H groups in total. The number of aromatic nitrogens is 3. The number of hydrogen-bond acceptors (Lipinski definition) is 6. The first-order valence-corrected chi connectivity index (χ1v) is 10.9. The van der Waals surface area contributed by atoms with E-state index in [-0.39, 0.29) is 11.9 Å². The van der Waals surface area contributed by atoms with Crippen molar-refractivity contribution in [2.45, 2.75) is 53.0 Å². The molecule has 2 fully saturated rings. The van der Waals surface area contributed by atoms with Crippen LogP contribution in [0.5, 0.6) is 5.75 Å². The van der Waals surface area contributed by atoms with E-state index in [9.17, 15) is 4.79 Å². The van der Waals surface area contributed by atoms with Crippen LogP contribution in [0.1, 0.15) is 53.8 Å². The fraction of sp³-hybridized carbons (Fsp3) is 0.565. The highest BCUT2D eigenvalue weighted by atomic mass is 16.5. The van der Waals surface area contributed by atoms with Gasteiger partial charge in [-0.15, -0.1) is 0 Å². The Labute approximate surface area is 178 Å². The van der Waals surface area contributed by atoms with Crippen molar-refractivity contribution in [3.8, 4) is 5.75 Å². The third-order valence-corrected chi connectivity index (χ3v) is 6.15. The van der Waals surface area contributed by atoms with Gasteiger partial charge in [-0.05, 0) is 64.0 Å². The largest absolute Gasteiger partial charge is 0.491 e. The van der Waals surface area contributed by atoms with Crippen LogP contribution in [-0.2, 0) is 0 Å². The van der Waals surface area contributed by atoms with Crippen molar-refractivity contribution in [3.05, 3.63) is 41.1 Å². The summed E-state index contributed by atoms with van der Waals surface area (Å²) in [6, 6.07) is 3.87. The molecular weight excluding hydrogens is 378 g/mol. The summed E-state index contributed by atoms with van der Waals surface area (Å²) in [7, 11) is 0. The van der Waals surface area contributed by atoms with Gasteiger partial charge in [0.05, 0.1) is 24.2 Å². The number of fused-ring (bicyclic) bond motifs is 1. The Morgan fingerprint density at radius 1 is 1.17 bits per heavy atom. The van der Waals surface area contributed by atoms with Gasteiger partial charge in [0.2, 0.25) is 0 Å². The minimum absolute atomic E-state index is 0.0341. The van der Waals surface area contributed by atoms with Crippen LogP contribution >= 0.6 is 0 Å². The van der Waals surface area contributed by atoms with E-state index in [1.54, 1.807) is 6.20 Å². The summed E-state index contributed by atoms with van der Waals surface area (Å²) in [5, 5.41) is 3.40. The minimum atomic E-state index is -0.0341. The van der Waals surface area contributed by atoms with Crippen LogP contribution in [0.15, 0.2) is 18.3 Å². The average Bonchev–Trinajstić information content (AvgIpc) is 3.51. The lowest BCUT2D eigenvalue weighted by molar-refractivity contribution is 0.0605. The highest BCUT2D eigenvalue weighted by Crippen LogP contribution is 2.47. The molecule has 7 heteroatoms. The highest BCUT2D eigenvalue weighted by molar-refractivity contribution is 5.95. The molecule has 1 aliphatic heterocycles. The van der Waals surface area contributed by atoms with Crippen LogP contribution in [0.25, 0.3) is 0 Å².